The van der Waals surface area contributed by atoms with Gasteiger partial charge in [-0.05, 0) is 31.7 Å². The second-order valence-corrected chi connectivity index (χ2v) is 5.34. The van der Waals surface area contributed by atoms with Gasteiger partial charge in [0.2, 0.25) is 0 Å². The van der Waals surface area contributed by atoms with Crippen LogP contribution in [0.3, 0.4) is 0 Å². The number of likely N-dealkylation sites (N-methyl/N-ethyl adjacent to an activating group) is 1. The van der Waals surface area contributed by atoms with Crippen LogP contribution in [0, 0.1) is 0 Å². The molecule has 6 heteroatoms. The van der Waals surface area contributed by atoms with Crippen LogP contribution in [0.4, 0.5) is 0 Å². The van der Waals surface area contributed by atoms with Gasteiger partial charge in [0.15, 0.2) is 5.82 Å². The molecule has 0 aliphatic heterocycles. The van der Waals surface area contributed by atoms with Gasteiger partial charge in [-0.15, -0.1) is 0 Å². The molecule has 3 aromatic rings. The zero-order chi connectivity index (χ0) is 15.4. The molecule has 114 valence electrons. The molecule has 6 nitrogen and oxygen atoms in total. The molecule has 0 saturated carbocycles. The second-order valence-electron chi connectivity index (χ2n) is 5.34. The third-order valence-electron chi connectivity index (χ3n) is 3.57. The van der Waals surface area contributed by atoms with Crippen molar-refractivity contribution in [2.24, 2.45) is 0 Å². The lowest BCUT2D eigenvalue weighted by Gasteiger charge is -2.04. The summed E-state index contributed by atoms with van der Waals surface area (Å²) in [5.41, 5.74) is 2.13. The molecule has 0 saturated heterocycles. The number of hydrogen-bond donors (Lipinski definition) is 1. The zero-order valence-electron chi connectivity index (χ0n) is 12.7. The Labute approximate surface area is 129 Å². The topological polar surface area (TPSA) is 68.8 Å². The smallest absolute Gasteiger partial charge is 0.257 e. The van der Waals surface area contributed by atoms with Crippen LogP contribution in [0.25, 0.3) is 11.5 Å². The average molecular weight is 297 g/mol. The molecule has 1 aromatic carbocycles. The molecule has 1 unspecified atom stereocenters. The summed E-state index contributed by atoms with van der Waals surface area (Å²) in [7, 11) is 1.92. The van der Waals surface area contributed by atoms with Gasteiger partial charge in [0.1, 0.15) is 0 Å². The molecule has 22 heavy (non-hydrogen) atoms. The minimum atomic E-state index is 0.322. The normalized spacial score (nSPS) is 12.5. The summed E-state index contributed by atoms with van der Waals surface area (Å²) in [6.07, 6.45) is 6.28. The molecule has 0 bridgehead atoms. The van der Waals surface area contributed by atoms with E-state index < -0.39 is 0 Å². The Balaban J connectivity index is 1.70. The molecule has 2 heterocycles. The number of nitrogens with one attached hydrogen (secondary N) is 1. The van der Waals surface area contributed by atoms with Crippen LogP contribution in [0.5, 0.6) is 0 Å². The largest absolute Gasteiger partial charge is 0.334 e. The quantitative estimate of drug-likeness (QED) is 0.755. The van der Waals surface area contributed by atoms with Gasteiger partial charge in [0, 0.05) is 37.0 Å². The predicted molar refractivity (Wildman–Crippen MR) is 83.3 cm³/mol. The SMILES string of the molecule is CNC(C)Cc1noc(-c2ccc(Cn3ccnc3)cc2)n1. The first-order valence-electron chi connectivity index (χ1n) is 7.29. The summed E-state index contributed by atoms with van der Waals surface area (Å²) in [5.74, 6) is 1.28. The van der Waals surface area contributed by atoms with E-state index in [9.17, 15) is 0 Å². The highest BCUT2D eigenvalue weighted by Crippen LogP contribution is 2.18. The number of aromatic nitrogens is 4. The van der Waals surface area contributed by atoms with E-state index in [1.165, 1.54) is 5.56 Å². The molecule has 3 rings (SSSR count). The van der Waals surface area contributed by atoms with Gasteiger partial charge in [-0.1, -0.05) is 17.3 Å². The molecule has 0 fully saturated rings. The second kappa shape index (κ2) is 6.53. The highest BCUT2D eigenvalue weighted by molar-refractivity contribution is 5.53. The fourth-order valence-electron chi connectivity index (χ4n) is 2.17. The Bertz CT molecular complexity index is 702. The van der Waals surface area contributed by atoms with Crippen LogP contribution in [0.2, 0.25) is 0 Å². The van der Waals surface area contributed by atoms with Crippen molar-refractivity contribution in [2.45, 2.75) is 25.9 Å². The predicted octanol–water partition coefficient (Wildman–Crippen LogP) is 2.13. The monoisotopic (exact) mass is 297 g/mol. The molecule has 1 atom stereocenters. The third kappa shape index (κ3) is 3.40. The lowest BCUT2D eigenvalue weighted by Crippen LogP contribution is -2.24. The highest BCUT2D eigenvalue weighted by Gasteiger charge is 2.11. The van der Waals surface area contributed by atoms with Crippen molar-refractivity contribution in [1.82, 2.24) is 25.0 Å². The Morgan fingerprint density at radius 1 is 1.27 bits per heavy atom. The van der Waals surface area contributed by atoms with Crippen LogP contribution in [0.15, 0.2) is 47.5 Å². The van der Waals surface area contributed by atoms with Crippen molar-refractivity contribution in [1.29, 1.82) is 0 Å². The van der Waals surface area contributed by atoms with E-state index in [4.69, 9.17) is 4.52 Å². The van der Waals surface area contributed by atoms with E-state index in [1.807, 2.05) is 29.9 Å². The van der Waals surface area contributed by atoms with Gasteiger partial charge in [0.05, 0.1) is 6.33 Å². The number of nitrogens with zero attached hydrogens (tertiary/aromatic N) is 4. The standard InChI is InChI=1S/C16H19N5O/c1-12(17-2)9-15-19-16(22-20-15)14-5-3-13(4-6-14)10-21-8-7-18-11-21/h3-8,11-12,17H,9-10H2,1-2H3. The van der Waals surface area contributed by atoms with E-state index >= 15 is 0 Å². The van der Waals surface area contributed by atoms with Crippen LogP contribution < -0.4 is 5.32 Å². The lowest BCUT2D eigenvalue weighted by atomic mass is 10.1. The summed E-state index contributed by atoms with van der Waals surface area (Å²) in [6.45, 7) is 2.88. The van der Waals surface area contributed by atoms with Crippen molar-refractivity contribution in [3.63, 3.8) is 0 Å². The molecule has 0 radical (unpaired) electrons. The van der Waals surface area contributed by atoms with Crippen molar-refractivity contribution in [2.75, 3.05) is 7.05 Å². The van der Waals surface area contributed by atoms with Gasteiger partial charge < -0.3 is 14.4 Å². The number of benzene rings is 1. The van der Waals surface area contributed by atoms with E-state index in [0.717, 1.165) is 24.4 Å². The average Bonchev–Trinajstić information content (AvgIpc) is 3.20. The van der Waals surface area contributed by atoms with Crippen LogP contribution in [-0.4, -0.2) is 32.8 Å². The Morgan fingerprint density at radius 2 is 2.09 bits per heavy atom. The lowest BCUT2D eigenvalue weighted by molar-refractivity contribution is 0.418. The summed E-state index contributed by atoms with van der Waals surface area (Å²) in [5, 5.41) is 7.19. The summed E-state index contributed by atoms with van der Waals surface area (Å²) >= 11 is 0. The van der Waals surface area contributed by atoms with Gasteiger partial charge in [0.25, 0.3) is 5.89 Å². The zero-order valence-corrected chi connectivity index (χ0v) is 12.7. The first-order valence-corrected chi connectivity index (χ1v) is 7.29. The van der Waals surface area contributed by atoms with E-state index in [2.05, 4.69) is 39.5 Å². The van der Waals surface area contributed by atoms with Crippen LogP contribution in [0.1, 0.15) is 18.3 Å². The number of hydrogen-bond acceptors (Lipinski definition) is 5. The molecule has 1 N–H and O–H groups in total. The molecular weight excluding hydrogens is 278 g/mol. The van der Waals surface area contributed by atoms with Crippen LogP contribution >= 0.6 is 0 Å². The van der Waals surface area contributed by atoms with Gasteiger partial charge in [-0.2, -0.15) is 4.98 Å². The van der Waals surface area contributed by atoms with E-state index in [0.29, 0.717) is 11.9 Å². The Hall–Kier alpha value is -2.47. The summed E-state index contributed by atoms with van der Waals surface area (Å²) < 4.78 is 7.36. The highest BCUT2D eigenvalue weighted by atomic mass is 16.5. The van der Waals surface area contributed by atoms with Crippen molar-refractivity contribution in [3.8, 4) is 11.5 Å². The van der Waals surface area contributed by atoms with Crippen molar-refractivity contribution >= 4 is 0 Å². The maximum absolute atomic E-state index is 5.34. The summed E-state index contributed by atoms with van der Waals surface area (Å²) in [6, 6.07) is 8.46. The maximum atomic E-state index is 5.34. The molecule has 0 spiro atoms. The number of rotatable bonds is 6. The Morgan fingerprint density at radius 3 is 2.77 bits per heavy atom. The first kappa shape index (κ1) is 14.5. The fraction of sp³-hybridized carbons (Fsp3) is 0.312. The van der Waals surface area contributed by atoms with Crippen molar-refractivity contribution in [3.05, 3.63) is 54.4 Å². The molecule has 2 aromatic heterocycles. The van der Waals surface area contributed by atoms with E-state index in [1.54, 1.807) is 12.5 Å². The third-order valence-corrected chi connectivity index (χ3v) is 3.57. The number of imidazole rings is 1. The minimum Gasteiger partial charge on any atom is -0.334 e. The molecule has 0 aliphatic rings. The maximum Gasteiger partial charge on any atom is 0.257 e. The first-order chi connectivity index (χ1) is 10.7. The Kier molecular flexibility index (Phi) is 4.29. The fourth-order valence-corrected chi connectivity index (χ4v) is 2.17. The van der Waals surface area contributed by atoms with Gasteiger partial charge in [-0.25, -0.2) is 4.98 Å². The minimum absolute atomic E-state index is 0.322. The molecule has 0 amide bonds. The van der Waals surface area contributed by atoms with E-state index in [-0.39, 0.29) is 0 Å². The van der Waals surface area contributed by atoms with Crippen LogP contribution in [-0.2, 0) is 13.0 Å². The summed E-state index contributed by atoms with van der Waals surface area (Å²) in [4.78, 5) is 8.48. The van der Waals surface area contributed by atoms with Crippen molar-refractivity contribution < 1.29 is 4.52 Å². The van der Waals surface area contributed by atoms with Gasteiger partial charge >= 0.3 is 0 Å². The molecular formula is C16H19N5O. The van der Waals surface area contributed by atoms with Gasteiger partial charge in [-0.3, -0.25) is 0 Å². The molecule has 0 aliphatic carbocycles.